The van der Waals surface area contributed by atoms with Crippen molar-refractivity contribution in [1.29, 1.82) is 0 Å². The molecule has 0 aromatic carbocycles. The molecule has 4 saturated heterocycles. The summed E-state index contributed by atoms with van der Waals surface area (Å²) in [7, 11) is 0. The molecule has 2 unspecified atom stereocenters. The van der Waals surface area contributed by atoms with Crippen LogP contribution in [0.3, 0.4) is 0 Å². The van der Waals surface area contributed by atoms with E-state index in [-0.39, 0.29) is 53.7 Å². The molecule has 6 rings (SSSR count). The van der Waals surface area contributed by atoms with Crippen LogP contribution in [-0.4, -0.2) is 97.7 Å². The molecule has 0 aromatic rings. The number of aliphatic hydroxyl groups is 3. The highest BCUT2D eigenvalue weighted by atomic mass is 16.8. The first kappa shape index (κ1) is 42.2. The monoisotopic (exact) mass is 762 g/mol. The molecule has 19 atom stereocenters. The van der Waals surface area contributed by atoms with Gasteiger partial charge in [0.05, 0.1) is 59.2 Å². The number of aliphatic hydroxyl groups excluding tert-OH is 2. The quantitative estimate of drug-likeness (QED) is 0.178. The van der Waals surface area contributed by atoms with E-state index in [4.69, 9.17) is 23.7 Å². The van der Waals surface area contributed by atoms with Crippen molar-refractivity contribution in [3.8, 4) is 0 Å². The van der Waals surface area contributed by atoms with Crippen LogP contribution < -0.4 is 0 Å². The van der Waals surface area contributed by atoms with Crippen molar-refractivity contribution in [2.45, 2.75) is 199 Å². The van der Waals surface area contributed by atoms with Crippen LogP contribution in [0.4, 0.5) is 0 Å². The first-order valence-corrected chi connectivity index (χ1v) is 21.2. The van der Waals surface area contributed by atoms with Gasteiger partial charge in [0.25, 0.3) is 0 Å². The largest absolute Gasteiger partial charge is 0.481 e. The predicted molar refractivity (Wildman–Crippen MR) is 201 cm³/mol. The van der Waals surface area contributed by atoms with E-state index in [0.29, 0.717) is 51.4 Å². The van der Waals surface area contributed by atoms with Gasteiger partial charge in [-0.25, -0.2) is 0 Å². The second-order valence-electron chi connectivity index (χ2n) is 19.0. The van der Waals surface area contributed by atoms with Crippen molar-refractivity contribution in [2.75, 3.05) is 0 Å². The first-order valence-electron chi connectivity index (χ1n) is 21.2. The highest BCUT2D eigenvalue weighted by Gasteiger charge is 2.69. The van der Waals surface area contributed by atoms with Crippen LogP contribution in [-0.2, 0) is 33.3 Å². The molecule has 0 amide bonds. The Bertz CT molecular complexity index is 1420. The Morgan fingerprint density at radius 3 is 2.20 bits per heavy atom. The molecule has 54 heavy (non-hydrogen) atoms. The molecule has 0 bridgehead atoms. The van der Waals surface area contributed by atoms with Gasteiger partial charge >= 0.3 is 5.97 Å². The minimum Gasteiger partial charge on any atom is -0.481 e. The Hall–Kier alpha value is -1.44. The van der Waals surface area contributed by atoms with Gasteiger partial charge in [0.2, 0.25) is 5.79 Å². The average molecular weight is 763 g/mol. The molecule has 1 aliphatic carbocycles. The van der Waals surface area contributed by atoms with E-state index >= 15 is 0 Å². The van der Waals surface area contributed by atoms with Crippen molar-refractivity contribution in [3.63, 3.8) is 0 Å². The van der Waals surface area contributed by atoms with Crippen molar-refractivity contribution in [3.05, 3.63) is 12.2 Å². The fraction of sp³-hybridized carbons (Fsp3) is 0.907. The summed E-state index contributed by atoms with van der Waals surface area (Å²) in [4.78, 5) is 26.8. The molecule has 2 spiro atoms. The molecule has 5 aliphatic heterocycles. The zero-order chi connectivity index (χ0) is 39.8. The molecule has 11 nitrogen and oxygen atoms in total. The van der Waals surface area contributed by atoms with Gasteiger partial charge in [-0.05, 0) is 102 Å². The Kier molecular flexibility index (Phi) is 11.8. The third kappa shape index (κ3) is 6.96. The Balaban J connectivity index is 1.19. The molecule has 4 N–H and O–H groups in total. The van der Waals surface area contributed by atoms with E-state index in [1.165, 1.54) is 0 Å². The van der Waals surface area contributed by atoms with Gasteiger partial charge < -0.3 is 44.1 Å². The SMILES string of the molecule is CC[C@@H](C(=O)O)[C@H]1CC[C@H](C)[C@H]([C@@H](C)[C@H](O)[C@H](C)C(=O)C2([C@H]3O[C@]4(C=C[C@@H](O)[C@]5(CC[C@@](C)([C@H]6CC[C@](O)(CC)[C@H](C)O6)O5)O4)[C@H](C)C[C@@H]3C)CC2C)O1. The number of hydrogen-bond donors (Lipinski definition) is 4. The van der Waals surface area contributed by atoms with Gasteiger partial charge in [-0.1, -0.05) is 55.4 Å². The van der Waals surface area contributed by atoms with Crippen LogP contribution in [0.5, 0.6) is 0 Å². The number of ether oxygens (including phenoxy) is 5. The van der Waals surface area contributed by atoms with Crippen molar-refractivity contribution in [1.82, 2.24) is 0 Å². The van der Waals surface area contributed by atoms with E-state index in [2.05, 4.69) is 27.7 Å². The summed E-state index contributed by atoms with van der Waals surface area (Å²) >= 11 is 0. The summed E-state index contributed by atoms with van der Waals surface area (Å²) in [6.45, 7) is 19.8. The van der Waals surface area contributed by atoms with Gasteiger partial charge in [-0.15, -0.1) is 0 Å². The Morgan fingerprint density at radius 1 is 0.926 bits per heavy atom. The van der Waals surface area contributed by atoms with E-state index in [0.717, 1.165) is 12.8 Å². The van der Waals surface area contributed by atoms with Crippen LogP contribution in [0.2, 0.25) is 0 Å². The fourth-order valence-electron chi connectivity index (χ4n) is 11.4. The van der Waals surface area contributed by atoms with Crippen LogP contribution >= 0.6 is 0 Å². The second-order valence-corrected chi connectivity index (χ2v) is 19.0. The van der Waals surface area contributed by atoms with Crippen LogP contribution in [0.15, 0.2) is 12.2 Å². The highest BCUT2D eigenvalue weighted by molar-refractivity contribution is 5.91. The number of carboxylic acid groups (broad SMARTS) is 1. The average Bonchev–Trinajstić information content (AvgIpc) is 3.69. The number of carboxylic acids is 1. The summed E-state index contributed by atoms with van der Waals surface area (Å²) in [5.74, 6) is -5.13. The van der Waals surface area contributed by atoms with Crippen LogP contribution in [0, 0.1) is 46.8 Å². The summed E-state index contributed by atoms with van der Waals surface area (Å²) in [6.07, 6.45) is 5.74. The lowest BCUT2D eigenvalue weighted by atomic mass is 9.71. The van der Waals surface area contributed by atoms with Gasteiger partial charge in [0.15, 0.2) is 5.79 Å². The number of ketones is 1. The Labute approximate surface area is 322 Å². The number of hydrogen-bond acceptors (Lipinski definition) is 10. The van der Waals surface area contributed by atoms with E-state index < -0.39 is 70.4 Å². The highest BCUT2D eigenvalue weighted by Crippen LogP contribution is 2.63. The smallest absolute Gasteiger partial charge is 0.309 e. The van der Waals surface area contributed by atoms with E-state index in [9.17, 15) is 30.0 Å². The lowest BCUT2D eigenvalue weighted by molar-refractivity contribution is -0.410. The fourth-order valence-corrected chi connectivity index (χ4v) is 11.4. The predicted octanol–water partition coefficient (Wildman–Crippen LogP) is 6.19. The molecule has 1 saturated carbocycles. The minimum absolute atomic E-state index is 0.0229. The number of rotatable bonds is 11. The summed E-state index contributed by atoms with van der Waals surface area (Å²) in [5.41, 5.74) is -2.45. The van der Waals surface area contributed by atoms with Crippen molar-refractivity contribution < 1.29 is 53.7 Å². The summed E-state index contributed by atoms with van der Waals surface area (Å²) < 4.78 is 33.8. The van der Waals surface area contributed by atoms with Crippen molar-refractivity contribution >= 4 is 11.8 Å². The molecular formula is C43H70O11. The van der Waals surface area contributed by atoms with Crippen LogP contribution in [0.25, 0.3) is 0 Å². The molecule has 6 aliphatic rings. The third-order valence-electron chi connectivity index (χ3n) is 15.5. The maximum Gasteiger partial charge on any atom is 0.309 e. The maximum absolute atomic E-state index is 14.8. The first-order chi connectivity index (χ1) is 25.2. The minimum atomic E-state index is -1.37. The van der Waals surface area contributed by atoms with Crippen LogP contribution in [0.1, 0.15) is 133 Å². The summed E-state index contributed by atoms with van der Waals surface area (Å²) in [6, 6.07) is 0. The summed E-state index contributed by atoms with van der Waals surface area (Å²) in [5, 5.41) is 44.2. The molecule has 11 heteroatoms. The van der Waals surface area contributed by atoms with E-state index in [1.54, 1.807) is 6.08 Å². The number of carbonyl (C=O) groups excluding carboxylic acids is 1. The molecule has 308 valence electrons. The van der Waals surface area contributed by atoms with Gasteiger partial charge in [-0.2, -0.15) is 0 Å². The zero-order valence-electron chi connectivity index (χ0n) is 34.5. The molecule has 0 radical (unpaired) electrons. The number of carbonyl (C=O) groups is 2. The van der Waals surface area contributed by atoms with Gasteiger partial charge in [0, 0.05) is 24.2 Å². The zero-order valence-corrected chi connectivity index (χ0v) is 34.5. The van der Waals surface area contributed by atoms with E-state index in [1.807, 2.05) is 47.6 Å². The molecule has 5 fully saturated rings. The lowest BCUT2D eigenvalue weighted by Crippen LogP contribution is -2.63. The number of aliphatic carboxylic acids is 1. The van der Waals surface area contributed by atoms with Gasteiger partial charge in [-0.3, -0.25) is 9.59 Å². The maximum atomic E-state index is 14.8. The molecular weight excluding hydrogens is 692 g/mol. The molecule has 5 heterocycles. The lowest BCUT2D eigenvalue weighted by Gasteiger charge is -2.54. The topological polar surface area (TPSA) is 161 Å². The third-order valence-corrected chi connectivity index (χ3v) is 15.5. The molecule has 0 aromatic heterocycles. The standard InChI is InChI=1S/C43H70O11/c1-11-30(38(47)48)31-14-13-23(3)35(51-31)27(7)34(45)28(8)36(46)41(22-26(41)6)37-24(4)21-25(5)42(52-37)18-15-32(44)43(54-42)20-19-39(10,53-43)33-16-17-40(49,12-2)29(9)50-33/h15,18,23-35,37,44-45,49H,11-14,16-17,19-22H2,1-10H3,(H,47,48)/t23-,24-,25+,26?,27-,28-,29-,30+,31+,32+,33+,34-,35+,37-,39-,40+,41?,42-,43-/m0/s1. The van der Waals surface area contributed by atoms with Gasteiger partial charge in [0.1, 0.15) is 11.9 Å². The number of Topliss-reactive ketones (excluding diaryl/α,β-unsaturated/α-hetero) is 1. The van der Waals surface area contributed by atoms with Crippen molar-refractivity contribution in [2.24, 2.45) is 46.8 Å². The normalized spacial score (nSPS) is 50.1. The second kappa shape index (κ2) is 15.1. The Morgan fingerprint density at radius 2 is 1.61 bits per heavy atom.